The first-order valence-corrected chi connectivity index (χ1v) is 9.16. The van der Waals surface area contributed by atoms with Gasteiger partial charge in [0.25, 0.3) is 0 Å². The van der Waals surface area contributed by atoms with E-state index in [0.29, 0.717) is 6.42 Å². The van der Waals surface area contributed by atoms with E-state index in [1.54, 1.807) is 6.92 Å². The summed E-state index contributed by atoms with van der Waals surface area (Å²) in [6.07, 6.45) is 11.7. The second-order valence-electron chi connectivity index (χ2n) is 6.09. The largest absolute Gasteiger partial charge is 0.464 e. The highest BCUT2D eigenvalue weighted by atomic mass is 16.5. The average molecular weight is 316 g/mol. The van der Waals surface area contributed by atoms with Gasteiger partial charge in [-0.25, -0.2) is 4.79 Å². The molecular formula is C18H36O4. The van der Waals surface area contributed by atoms with Crippen LogP contribution in [0.5, 0.6) is 0 Å². The van der Waals surface area contributed by atoms with Gasteiger partial charge < -0.3 is 14.9 Å². The number of aliphatic hydroxyl groups is 2. The van der Waals surface area contributed by atoms with Crippen LogP contribution in [0.2, 0.25) is 0 Å². The van der Waals surface area contributed by atoms with Gasteiger partial charge in [0.1, 0.15) is 0 Å². The van der Waals surface area contributed by atoms with Gasteiger partial charge in [-0.15, -0.1) is 0 Å². The zero-order chi connectivity index (χ0) is 16.6. The topological polar surface area (TPSA) is 66.8 Å². The third-order valence-corrected chi connectivity index (χ3v) is 4.00. The van der Waals surface area contributed by atoms with Crippen molar-refractivity contribution in [3.8, 4) is 0 Å². The standard InChI is InChI=1S/C18H36O4/c1-3-5-6-7-8-9-10-11-12-13-14-15-16(19)17(20)18(21)22-4-2/h16-17,19-20H,3-15H2,1-2H3/t16-,17+/m1/s1. The summed E-state index contributed by atoms with van der Waals surface area (Å²) in [6.45, 7) is 4.14. The van der Waals surface area contributed by atoms with Gasteiger partial charge in [0.2, 0.25) is 0 Å². The lowest BCUT2D eigenvalue weighted by atomic mass is 10.0. The monoisotopic (exact) mass is 316 g/mol. The van der Waals surface area contributed by atoms with Gasteiger partial charge in [0, 0.05) is 0 Å². The van der Waals surface area contributed by atoms with Gasteiger partial charge in [-0.1, -0.05) is 77.6 Å². The molecule has 0 heterocycles. The Morgan fingerprint density at radius 1 is 0.818 bits per heavy atom. The van der Waals surface area contributed by atoms with Crippen molar-refractivity contribution in [3.63, 3.8) is 0 Å². The highest BCUT2D eigenvalue weighted by molar-refractivity contribution is 5.75. The van der Waals surface area contributed by atoms with Crippen molar-refractivity contribution in [3.05, 3.63) is 0 Å². The molecule has 0 fully saturated rings. The zero-order valence-corrected chi connectivity index (χ0v) is 14.6. The molecule has 0 spiro atoms. The Morgan fingerprint density at radius 3 is 1.73 bits per heavy atom. The Morgan fingerprint density at radius 2 is 1.27 bits per heavy atom. The predicted molar refractivity (Wildman–Crippen MR) is 89.7 cm³/mol. The van der Waals surface area contributed by atoms with E-state index in [-0.39, 0.29) is 6.61 Å². The lowest BCUT2D eigenvalue weighted by molar-refractivity contribution is -0.159. The molecule has 0 aliphatic rings. The van der Waals surface area contributed by atoms with Crippen LogP contribution in [-0.4, -0.2) is 35.0 Å². The van der Waals surface area contributed by atoms with Crippen molar-refractivity contribution >= 4 is 5.97 Å². The van der Waals surface area contributed by atoms with Crippen LogP contribution in [0, 0.1) is 0 Å². The molecule has 22 heavy (non-hydrogen) atoms. The highest BCUT2D eigenvalue weighted by Gasteiger charge is 2.24. The summed E-state index contributed by atoms with van der Waals surface area (Å²) in [5.74, 6) is -0.724. The summed E-state index contributed by atoms with van der Waals surface area (Å²) in [5, 5.41) is 19.3. The van der Waals surface area contributed by atoms with Crippen LogP contribution in [0.25, 0.3) is 0 Å². The van der Waals surface area contributed by atoms with Gasteiger partial charge in [0.05, 0.1) is 12.7 Å². The predicted octanol–water partition coefficient (Wildman–Crippen LogP) is 3.97. The maximum absolute atomic E-state index is 11.3. The normalized spacial score (nSPS) is 13.8. The average Bonchev–Trinajstić information content (AvgIpc) is 2.51. The summed E-state index contributed by atoms with van der Waals surface area (Å²) in [7, 11) is 0. The molecule has 4 nitrogen and oxygen atoms in total. The van der Waals surface area contributed by atoms with E-state index in [0.717, 1.165) is 19.3 Å². The SMILES string of the molecule is CCCCCCCCCCCCC[C@@H](O)[C@H](O)C(=O)OCC. The Hall–Kier alpha value is -0.610. The number of aliphatic hydroxyl groups excluding tert-OH is 2. The van der Waals surface area contributed by atoms with E-state index in [2.05, 4.69) is 11.7 Å². The van der Waals surface area contributed by atoms with E-state index in [1.807, 2.05) is 0 Å². The Labute approximate surface area is 136 Å². The smallest absolute Gasteiger partial charge is 0.337 e. The summed E-state index contributed by atoms with van der Waals surface area (Å²) < 4.78 is 4.68. The Balaban J connectivity index is 3.36. The minimum Gasteiger partial charge on any atom is -0.464 e. The van der Waals surface area contributed by atoms with Crippen LogP contribution in [0.3, 0.4) is 0 Å². The Bertz CT molecular complexity index is 255. The van der Waals surface area contributed by atoms with Crippen molar-refractivity contribution < 1.29 is 19.7 Å². The van der Waals surface area contributed by atoms with Crippen molar-refractivity contribution in [2.24, 2.45) is 0 Å². The van der Waals surface area contributed by atoms with Crippen molar-refractivity contribution in [1.82, 2.24) is 0 Å². The third-order valence-electron chi connectivity index (χ3n) is 4.00. The molecule has 132 valence electrons. The molecule has 0 aliphatic heterocycles. The van der Waals surface area contributed by atoms with Gasteiger partial charge in [-0.3, -0.25) is 0 Å². The van der Waals surface area contributed by atoms with Crippen molar-refractivity contribution in [1.29, 1.82) is 0 Å². The first kappa shape index (κ1) is 21.4. The minimum absolute atomic E-state index is 0.223. The zero-order valence-electron chi connectivity index (χ0n) is 14.6. The molecule has 0 amide bonds. The van der Waals surface area contributed by atoms with Crippen molar-refractivity contribution in [2.45, 2.75) is 103 Å². The molecule has 0 saturated carbocycles. The van der Waals surface area contributed by atoms with Gasteiger partial charge in [-0.2, -0.15) is 0 Å². The molecule has 0 unspecified atom stereocenters. The van der Waals surface area contributed by atoms with Crippen LogP contribution in [0.1, 0.15) is 90.9 Å². The van der Waals surface area contributed by atoms with Gasteiger partial charge >= 0.3 is 5.97 Å². The maximum atomic E-state index is 11.3. The molecule has 0 bridgehead atoms. The Kier molecular flexibility index (Phi) is 14.9. The van der Waals surface area contributed by atoms with Crippen LogP contribution in [-0.2, 0) is 9.53 Å². The van der Waals surface area contributed by atoms with Gasteiger partial charge in [0.15, 0.2) is 6.10 Å². The van der Waals surface area contributed by atoms with Crippen LogP contribution in [0.4, 0.5) is 0 Å². The molecule has 0 aromatic heterocycles. The maximum Gasteiger partial charge on any atom is 0.337 e. The summed E-state index contributed by atoms with van der Waals surface area (Å²) >= 11 is 0. The molecule has 0 radical (unpaired) electrons. The summed E-state index contributed by atoms with van der Waals surface area (Å²) in [4.78, 5) is 11.3. The molecule has 0 aliphatic carbocycles. The number of rotatable bonds is 15. The lowest BCUT2D eigenvalue weighted by Crippen LogP contribution is -2.35. The lowest BCUT2D eigenvalue weighted by Gasteiger charge is -2.16. The number of hydrogen-bond acceptors (Lipinski definition) is 4. The molecule has 2 N–H and O–H groups in total. The number of carbonyl (C=O) groups is 1. The van der Waals surface area contributed by atoms with Crippen LogP contribution >= 0.6 is 0 Å². The molecule has 0 aromatic carbocycles. The molecule has 4 heteroatoms. The third kappa shape index (κ3) is 12.0. The van der Waals surface area contributed by atoms with Crippen LogP contribution < -0.4 is 0 Å². The number of carbonyl (C=O) groups excluding carboxylic acids is 1. The van der Waals surface area contributed by atoms with E-state index < -0.39 is 18.2 Å². The second-order valence-corrected chi connectivity index (χ2v) is 6.09. The van der Waals surface area contributed by atoms with E-state index in [9.17, 15) is 15.0 Å². The van der Waals surface area contributed by atoms with E-state index in [4.69, 9.17) is 0 Å². The fraction of sp³-hybridized carbons (Fsp3) is 0.944. The fourth-order valence-electron chi connectivity index (χ4n) is 2.56. The van der Waals surface area contributed by atoms with Crippen LogP contribution in [0.15, 0.2) is 0 Å². The number of esters is 1. The number of unbranched alkanes of at least 4 members (excludes halogenated alkanes) is 10. The van der Waals surface area contributed by atoms with E-state index in [1.165, 1.54) is 51.4 Å². The molecule has 2 atom stereocenters. The minimum atomic E-state index is -1.40. The highest BCUT2D eigenvalue weighted by Crippen LogP contribution is 2.13. The summed E-state index contributed by atoms with van der Waals surface area (Å²) in [6, 6.07) is 0. The molecular weight excluding hydrogens is 280 g/mol. The number of hydrogen-bond donors (Lipinski definition) is 2. The first-order valence-electron chi connectivity index (χ1n) is 9.16. The van der Waals surface area contributed by atoms with E-state index >= 15 is 0 Å². The number of ether oxygens (including phenoxy) is 1. The first-order chi connectivity index (χ1) is 10.6. The van der Waals surface area contributed by atoms with Gasteiger partial charge in [-0.05, 0) is 13.3 Å². The molecule has 0 rings (SSSR count). The molecule has 0 aromatic rings. The second kappa shape index (κ2) is 15.3. The fourth-order valence-corrected chi connectivity index (χ4v) is 2.56. The summed E-state index contributed by atoms with van der Waals surface area (Å²) in [5.41, 5.74) is 0. The quantitative estimate of drug-likeness (QED) is 0.354. The molecule has 0 saturated heterocycles. The van der Waals surface area contributed by atoms with Crippen molar-refractivity contribution in [2.75, 3.05) is 6.61 Å².